The van der Waals surface area contributed by atoms with E-state index in [4.69, 9.17) is 27.9 Å². The molecule has 0 aliphatic rings. The van der Waals surface area contributed by atoms with Gasteiger partial charge in [0.1, 0.15) is 11.6 Å². The number of hydrogen-bond acceptors (Lipinski definition) is 1. The molecule has 0 atom stereocenters. The summed E-state index contributed by atoms with van der Waals surface area (Å²) in [6.45, 7) is 0. The Hall–Kier alpha value is -1.25. The van der Waals surface area contributed by atoms with Crippen molar-refractivity contribution in [2.24, 2.45) is 0 Å². The molecule has 0 aliphatic carbocycles. The number of ether oxygens (including phenoxy) is 1. The quantitative estimate of drug-likeness (QED) is 0.761. The van der Waals surface area contributed by atoms with Gasteiger partial charge in [-0.3, -0.25) is 0 Å². The van der Waals surface area contributed by atoms with Crippen LogP contribution >= 0.6 is 23.2 Å². The third-order valence-electron chi connectivity index (χ3n) is 2.35. The topological polar surface area (TPSA) is 9.23 Å². The Morgan fingerprint density at radius 3 is 2.29 bits per heavy atom. The summed E-state index contributed by atoms with van der Waals surface area (Å²) in [5.74, 6) is 0.0750. The van der Waals surface area contributed by atoms with Crippen LogP contribution in [0.15, 0.2) is 36.4 Å². The van der Waals surface area contributed by atoms with E-state index in [1.807, 2.05) is 0 Å². The summed E-state index contributed by atoms with van der Waals surface area (Å²) in [6, 6.07) is 9.53. The Balaban J connectivity index is 2.67. The van der Waals surface area contributed by atoms with Crippen molar-refractivity contribution in [3.05, 3.63) is 52.3 Å². The molecule has 2 aromatic rings. The number of hydrogen-bond donors (Lipinski definition) is 0. The van der Waals surface area contributed by atoms with Gasteiger partial charge in [0, 0.05) is 10.0 Å². The molecular weight excluding hydrogens is 262 g/mol. The Bertz CT molecular complexity index is 535. The van der Waals surface area contributed by atoms with Crippen molar-refractivity contribution in [3.63, 3.8) is 0 Å². The highest BCUT2D eigenvalue weighted by atomic mass is 35.5. The lowest BCUT2D eigenvalue weighted by atomic mass is 10.0. The van der Waals surface area contributed by atoms with Gasteiger partial charge in [-0.05, 0) is 35.9 Å². The van der Waals surface area contributed by atoms with Gasteiger partial charge in [-0.2, -0.15) is 0 Å². The molecule has 0 aliphatic heterocycles. The van der Waals surface area contributed by atoms with Gasteiger partial charge >= 0.3 is 0 Å². The van der Waals surface area contributed by atoms with E-state index in [0.29, 0.717) is 26.9 Å². The first-order valence-electron chi connectivity index (χ1n) is 4.91. The second kappa shape index (κ2) is 4.94. The fourth-order valence-electron chi connectivity index (χ4n) is 1.65. The van der Waals surface area contributed by atoms with E-state index < -0.39 is 0 Å². The monoisotopic (exact) mass is 270 g/mol. The lowest BCUT2D eigenvalue weighted by Crippen LogP contribution is -1.91. The normalized spacial score (nSPS) is 10.4. The van der Waals surface area contributed by atoms with E-state index >= 15 is 0 Å². The Morgan fingerprint density at radius 2 is 1.71 bits per heavy atom. The highest BCUT2D eigenvalue weighted by Gasteiger charge is 2.12. The average molecular weight is 271 g/mol. The Morgan fingerprint density at radius 1 is 1.06 bits per heavy atom. The van der Waals surface area contributed by atoms with Crippen molar-refractivity contribution in [3.8, 4) is 16.9 Å². The largest absolute Gasteiger partial charge is 0.496 e. The molecule has 2 rings (SSSR count). The SMILES string of the molecule is COc1cccc(F)c1-c1cc(Cl)cc(Cl)c1. The van der Waals surface area contributed by atoms with Crippen molar-refractivity contribution in [1.82, 2.24) is 0 Å². The molecule has 0 unspecified atom stereocenters. The molecule has 4 heteroatoms. The van der Waals surface area contributed by atoms with E-state index in [1.54, 1.807) is 30.3 Å². The molecular formula is C13H9Cl2FO. The van der Waals surface area contributed by atoms with Gasteiger partial charge in [-0.15, -0.1) is 0 Å². The molecule has 0 heterocycles. The van der Waals surface area contributed by atoms with Crippen LogP contribution in [0.1, 0.15) is 0 Å². The molecule has 0 N–H and O–H groups in total. The maximum absolute atomic E-state index is 13.8. The van der Waals surface area contributed by atoms with Crippen molar-refractivity contribution in [2.75, 3.05) is 7.11 Å². The first kappa shape index (κ1) is 12.2. The van der Waals surface area contributed by atoms with E-state index in [0.717, 1.165) is 0 Å². The first-order valence-corrected chi connectivity index (χ1v) is 5.66. The fraction of sp³-hybridized carbons (Fsp3) is 0.0769. The molecule has 0 bridgehead atoms. The Kier molecular flexibility index (Phi) is 3.55. The molecule has 0 saturated heterocycles. The third-order valence-corrected chi connectivity index (χ3v) is 2.78. The van der Waals surface area contributed by atoms with Crippen LogP contribution in [-0.4, -0.2) is 7.11 Å². The van der Waals surface area contributed by atoms with Crippen LogP contribution in [0, 0.1) is 5.82 Å². The Labute approximate surface area is 109 Å². The average Bonchev–Trinajstić information content (AvgIpc) is 2.27. The van der Waals surface area contributed by atoms with Crippen LogP contribution in [0.2, 0.25) is 10.0 Å². The summed E-state index contributed by atoms with van der Waals surface area (Å²) in [5, 5.41) is 0.913. The standard InChI is InChI=1S/C13H9Cl2FO/c1-17-12-4-2-3-11(16)13(12)8-5-9(14)7-10(15)6-8/h2-7H,1H3. The zero-order valence-corrected chi connectivity index (χ0v) is 10.5. The van der Waals surface area contributed by atoms with Gasteiger partial charge in [0.2, 0.25) is 0 Å². The van der Waals surface area contributed by atoms with Gasteiger partial charge < -0.3 is 4.74 Å². The maximum Gasteiger partial charge on any atom is 0.134 e. The second-order valence-electron chi connectivity index (χ2n) is 3.48. The smallest absolute Gasteiger partial charge is 0.134 e. The van der Waals surface area contributed by atoms with E-state index in [-0.39, 0.29) is 5.82 Å². The highest BCUT2D eigenvalue weighted by Crippen LogP contribution is 2.35. The summed E-state index contributed by atoms with van der Waals surface area (Å²) in [6.07, 6.45) is 0. The summed E-state index contributed by atoms with van der Waals surface area (Å²) >= 11 is 11.8. The molecule has 0 spiro atoms. The predicted molar refractivity (Wildman–Crippen MR) is 68.4 cm³/mol. The number of methoxy groups -OCH3 is 1. The fourth-order valence-corrected chi connectivity index (χ4v) is 2.18. The van der Waals surface area contributed by atoms with E-state index in [9.17, 15) is 4.39 Å². The summed E-state index contributed by atoms with van der Waals surface area (Å²) in [5.41, 5.74) is 0.955. The van der Waals surface area contributed by atoms with Crippen LogP contribution in [0.5, 0.6) is 5.75 Å². The maximum atomic E-state index is 13.8. The predicted octanol–water partition coefficient (Wildman–Crippen LogP) is 4.81. The van der Waals surface area contributed by atoms with Gasteiger partial charge in [-0.25, -0.2) is 4.39 Å². The highest BCUT2D eigenvalue weighted by molar-refractivity contribution is 6.35. The van der Waals surface area contributed by atoms with Crippen LogP contribution in [0.3, 0.4) is 0 Å². The second-order valence-corrected chi connectivity index (χ2v) is 4.35. The molecule has 0 fully saturated rings. The van der Waals surface area contributed by atoms with E-state index in [2.05, 4.69) is 0 Å². The van der Waals surface area contributed by atoms with Crippen LogP contribution in [0.4, 0.5) is 4.39 Å². The minimum atomic E-state index is -0.373. The molecule has 17 heavy (non-hydrogen) atoms. The molecule has 1 nitrogen and oxygen atoms in total. The summed E-state index contributed by atoms with van der Waals surface area (Å²) < 4.78 is 19.0. The third kappa shape index (κ3) is 2.54. The number of benzene rings is 2. The first-order chi connectivity index (χ1) is 8.11. The van der Waals surface area contributed by atoms with Crippen molar-refractivity contribution >= 4 is 23.2 Å². The van der Waals surface area contributed by atoms with Crippen LogP contribution in [0.25, 0.3) is 11.1 Å². The van der Waals surface area contributed by atoms with E-state index in [1.165, 1.54) is 13.2 Å². The molecule has 2 aromatic carbocycles. The lowest BCUT2D eigenvalue weighted by molar-refractivity contribution is 0.413. The van der Waals surface area contributed by atoms with Crippen LogP contribution in [-0.2, 0) is 0 Å². The minimum Gasteiger partial charge on any atom is -0.496 e. The number of halogens is 3. The zero-order chi connectivity index (χ0) is 12.4. The summed E-state index contributed by atoms with van der Waals surface area (Å²) in [7, 11) is 1.49. The van der Waals surface area contributed by atoms with Gasteiger partial charge in [0.05, 0.1) is 12.7 Å². The molecule has 0 saturated carbocycles. The molecule has 0 radical (unpaired) electrons. The van der Waals surface area contributed by atoms with Gasteiger partial charge in [0.25, 0.3) is 0 Å². The minimum absolute atomic E-state index is 0.361. The van der Waals surface area contributed by atoms with Crippen LogP contribution < -0.4 is 4.74 Å². The van der Waals surface area contributed by atoms with Crippen molar-refractivity contribution < 1.29 is 9.13 Å². The molecule has 0 amide bonds. The van der Waals surface area contributed by atoms with Crippen molar-refractivity contribution in [1.29, 1.82) is 0 Å². The molecule has 88 valence electrons. The van der Waals surface area contributed by atoms with Crippen molar-refractivity contribution in [2.45, 2.75) is 0 Å². The zero-order valence-electron chi connectivity index (χ0n) is 9.01. The van der Waals surface area contributed by atoms with Gasteiger partial charge in [0.15, 0.2) is 0 Å². The summed E-state index contributed by atoms with van der Waals surface area (Å²) in [4.78, 5) is 0. The number of rotatable bonds is 2. The lowest BCUT2D eigenvalue weighted by Gasteiger charge is -2.10. The van der Waals surface area contributed by atoms with Gasteiger partial charge in [-0.1, -0.05) is 29.3 Å². The molecule has 0 aromatic heterocycles.